The summed E-state index contributed by atoms with van der Waals surface area (Å²) in [5.41, 5.74) is 3.48. The number of carboxylic acids is 1. The Kier molecular flexibility index (Phi) is 3.67. The zero-order valence-corrected chi connectivity index (χ0v) is 9.37. The first-order valence-corrected chi connectivity index (χ1v) is 5.07. The molecule has 0 atom stereocenters. The van der Waals surface area contributed by atoms with Gasteiger partial charge in [0.05, 0.1) is 5.57 Å². The second-order valence-electron chi connectivity index (χ2n) is 3.63. The molecule has 1 aromatic rings. The predicted molar refractivity (Wildman–Crippen MR) is 61.8 cm³/mol. The van der Waals surface area contributed by atoms with Crippen molar-refractivity contribution in [1.82, 2.24) is 0 Å². The van der Waals surface area contributed by atoms with Crippen LogP contribution >= 0.6 is 0 Å². The average Bonchev–Trinajstić information content (AvgIpc) is 2.18. The molecular formula is C13H16O2. The van der Waals surface area contributed by atoms with Crippen LogP contribution in [0.5, 0.6) is 0 Å². The van der Waals surface area contributed by atoms with Crippen LogP contribution in [0.3, 0.4) is 0 Å². The lowest BCUT2D eigenvalue weighted by Gasteiger charge is -2.05. The second-order valence-corrected chi connectivity index (χ2v) is 3.63. The highest BCUT2D eigenvalue weighted by molar-refractivity contribution is 6.15. The molecule has 0 heterocycles. The summed E-state index contributed by atoms with van der Waals surface area (Å²) in [6, 6.07) is 5.74. The van der Waals surface area contributed by atoms with Gasteiger partial charge in [0.15, 0.2) is 0 Å². The highest BCUT2D eigenvalue weighted by Gasteiger charge is 2.09. The van der Waals surface area contributed by atoms with Crippen molar-refractivity contribution in [3.8, 4) is 0 Å². The van der Waals surface area contributed by atoms with Gasteiger partial charge in [-0.1, -0.05) is 31.2 Å². The lowest BCUT2D eigenvalue weighted by Crippen LogP contribution is -2.00. The summed E-state index contributed by atoms with van der Waals surface area (Å²) in [6.07, 6.45) is 2.47. The lowest BCUT2D eigenvalue weighted by atomic mass is 10.00. The first-order valence-electron chi connectivity index (χ1n) is 5.07. The summed E-state index contributed by atoms with van der Waals surface area (Å²) in [7, 11) is 0. The van der Waals surface area contributed by atoms with Crippen LogP contribution in [0.25, 0.3) is 5.57 Å². The number of benzene rings is 1. The Morgan fingerprint density at radius 2 is 2.00 bits per heavy atom. The van der Waals surface area contributed by atoms with E-state index < -0.39 is 5.97 Å². The van der Waals surface area contributed by atoms with Crippen molar-refractivity contribution in [2.75, 3.05) is 0 Å². The third-order valence-corrected chi connectivity index (χ3v) is 2.46. The fourth-order valence-corrected chi connectivity index (χ4v) is 1.44. The summed E-state index contributed by atoms with van der Waals surface area (Å²) in [6.45, 7) is 5.94. The molecule has 0 fully saturated rings. The van der Waals surface area contributed by atoms with Crippen molar-refractivity contribution >= 4 is 11.5 Å². The van der Waals surface area contributed by atoms with Crippen LogP contribution in [0.2, 0.25) is 0 Å². The number of hydrogen-bond acceptors (Lipinski definition) is 1. The van der Waals surface area contributed by atoms with Gasteiger partial charge in [0.2, 0.25) is 0 Å². The van der Waals surface area contributed by atoms with Crippen molar-refractivity contribution < 1.29 is 9.90 Å². The molecule has 0 amide bonds. The predicted octanol–water partition coefficient (Wildman–Crippen LogP) is 3.18. The molecule has 0 aromatic heterocycles. The molecule has 80 valence electrons. The fraction of sp³-hybridized carbons (Fsp3) is 0.308. The maximum atomic E-state index is 11.0. The fourth-order valence-electron chi connectivity index (χ4n) is 1.44. The first kappa shape index (κ1) is 11.5. The van der Waals surface area contributed by atoms with E-state index in [1.54, 1.807) is 6.08 Å². The summed E-state index contributed by atoms with van der Waals surface area (Å²) < 4.78 is 0. The van der Waals surface area contributed by atoms with Crippen LogP contribution in [-0.4, -0.2) is 11.1 Å². The molecule has 0 aliphatic carbocycles. The zero-order chi connectivity index (χ0) is 11.4. The summed E-state index contributed by atoms with van der Waals surface area (Å²) in [5.74, 6) is -0.861. The molecule has 0 aliphatic rings. The molecule has 0 bridgehead atoms. The van der Waals surface area contributed by atoms with E-state index in [2.05, 4.69) is 0 Å². The van der Waals surface area contributed by atoms with Gasteiger partial charge in [-0.05, 0) is 37.0 Å². The molecule has 1 aromatic carbocycles. The molecule has 1 rings (SSSR count). The van der Waals surface area contributed by atoms with E-state index in [0.717, 1.165) is 17.5 Å². The van der Waals surface area contributed by atoms with Crippen LogP contribution in [0.1, 0.15) is 30.0 Å². The maximum Gasteiger partial charge on any atom is 0.335 e. The van der Waals surface area contributed by atoms with Crippen molar-refractivity contribution in [2.45, 2.75) is 27.2 Å². The Morgan fingerprint density at radius 3 is 2.47 bits per heavy atom. The van der Waals surface area contributed by atoms with E-state index in [1.807, 2.05) is 39.0 Å². The zero-order valence-electron chi connectivity index (χ0n) is 9.37. The molecule has 0 radical (unpaired) electrons. The quantitative estimate of drug-likeness (QED) is 0.768. The van der Waals surface area contributed by atoms with Gasteiger partial charge in [-0.2, -0.15) is 0 Å². The number of aliphatic carboxylic acids is 1. The second kappa shape index (κ2) is 4.78. The summed E-state index contributed by atoms with van der Waals surface area (Å²) in [4.78, 5) is 11.0. The van der Waals surface area contributed by atoms with E-state index in [-0.39, 0.29) is 0 Å². The smallest absolute Gasteiger partial charge is 0.335 e. The molecule has 15 heavy (non-hydrogen) atoms. The molecule has 0 unspecified atom stereocenters. The Hall–Kier alpha value is -1.57. The molecule has 0 aliphatic heterocycles. The summed E-state index contributed by atoms with van der Waals surface area (Å²) in [5, 5.41) is 9.05. The monoisotopic (exact) mass is 204 g/mol. The molecule has 2 heteroatoms. The largest absolute Gasteiger partial charge is 0.478 e. The number of aryl methyl sites for hydroxylation is 2. The maximum absolute atomic E-state index is 11.0. The van der Waals surface area contributed by atoms with E-state index in [1.165, 1.54) is 5.56 Å². The number of carbonyl (C=O) groups is 1. The van der Waals surface area contributed by atoms with Crippen LogP contribution in [0.4, 0.5) is 0 Å². The van der Waals surface area contributed by atoms with Crippen molar-refractivity contribution in [1.29, 1.82) is 0 Å². The van der Waals surface area contributed by atoms with Gasteiger partial charge in [0, 0.05) is 0 Å². The van der Waals surface area contributed by atoms with E-state index in [9.17, 15) is 4.79 Å². The standard InChI is InChI=1S/C13H16O2/c1-4-5-12(13(14)15)11-7-6-9(2)10(3)8-11/h5-8H,4H2,1-3H3,(H,14,15)/b12-5+. The minimum absolute atomic E-state index is 0.389. The normalized spacial score (nSPS) is 11.5. The van der Waals surface area contributed by atoms with Crippen molar-refractivity contribution in [2.24, 2.45) is 0 Å². The number of rotatable bonds is 3. The topological polar surface area (TPSA) is 37.3 Å². The van der Waals surface area contributed by atoms with E-state index in [4.69, 9.17) is 5.11 Å². The Labute approximate surface area is 90.3 Å². The number of carboxylic acid groups (broad SMARTS) is 1. The van der Waals surface area contributed by atoms with Crippen molar-refractivity contribution in [3.05, 3.63) is 41.0 Å². The first-order chi connectivity index (χ1) is 7.06. The lowest BCUT2D eigenvalue weighted by molar-refractivity contribution is -0.130. The van der Waals surface area contributed by atoms with Crippen LogP contribution in [0, 0.1) is 13.8 Å². The Bertz CT molecular complexity index is 403. The highest BCUT2D eigenvalue weighted by Crippen LogP contribution is 2.18. The third kappa shape index (κ3) is 2.69. The average molecular weight is 204 g/mol. The highest BCUT2D eigenvalue weighted by atomic mass is 16.4. The number of allylic oxidation sites excluding steroid dienone is 1. The molecule has 2 nitrogen and oxygen atoms in total. The summed E-state index contributed by atoms with van der Waals surface area (Å²) >= 11 is 0. The van der Waals surface area contributed by atoms with E-state index in [0.29, 0.717) is 5.57 Å². The van der Waals surface area contributed by atoms with Gasteiger partial charge >= 0.3 is 5.97 Å². The Morgan fingerprint density at radius 1 is 1.33 bits per heavy atom. The molecular weight excluding hydrogens is 188 g/mol. The minimum Gasteiger partial charge on any atom is -0.478 e. The van der Waals surface area contributed by atoms with Gasteiger partial charge in [-0.15, -0.1) is 0 Å². The Balaban J connectivity index is 3.19. The van der Waals surface area contributed by atoms with Crippen LogP contribution in [0.15, 0.2) is 24.3 Å². The molecule has 0 saturated heterocycles. The van der Waals surface area contributed by atoms with E-state index >= 15 is 0 Å². The van der Waals surface area contributed by atoms with Crippen LogP contribution in [-0.2, 0) is 4.79 Å². The minimum atomic E-state index is -0.861. The van der Waals surface area contributed by atoms with Gasteiger partial charge in [-0.3, -0.25) is 0 Å². The van der Waals surface area contributed by atoms with Gasteiger partial charge in [0.25, 0.3) is 0 Å². The third-order valence-electron chi connectivity index (χ3n) is 2.46. The molecule has 1 N–H and O–H groups in total. The van der Waals surface area contributed by atoms with Gasteiger partial charge < -0.3 is 5.11 Å². The molecule has 0 saturated carbocycles. The van der Waals surface area contributed by atoms with Gasteiger partial charge in [-0.25, -0.2) is 4.79 Å². The number of hydrogen-bond donors (Lipinski definition) is 1. The molecule has 0 spiro atoms. The SMILES string of the molecule is CC/C=C(/C(=O)O)c1ccc(C)c(C)c1. The van der Waals surface area contributed by atoms with Crippen molar-refractivity contribution in [3.63, 3.8) is 0 Å². The van der Waals surface area contributed by atoms with Crippen LogP contribution < -0.4 is 0 Å². The van der Waals surface area contributed by atoms with Gasteiger partial charge in [0.1, 0.15) is 0 Å².